The predicted octanol–water partition coefficient (Wildman–Crippen LogP) is 3.73. The molecule has 124 valence electrons. The van der Waals surface area contributed by atoms with E-state index in [0.29, 0.717) is 5.92 Å². The maximum atomic E-state index is 6.53. The Morgan fingerprint density at radius 3 is 2.83 bits per heavy atom. The van der Waals surface area contributed by atoms with Crippen molar-refractivity contribution in [2.24, 2.45) is 10.7 Å². The molecule has 0 amide bonds. The molecule has 0 fully saturated rings. The van der Waals surface area contributed by atoms with Crippen LogP contribution in [-0.4, -0.2) is 18.9 Å². The SMILES string of the molecule is CCCC(C1=NCCN1)c1ccc2c(c1)C(N)c1ccccc1O2. The topological polar surface area (TPSA) is 59.6 Å². The lowest BCUT2D eigenvalue weighted by Crippen LogP contribution is -2.26. The number of hydrogen-bond acceptors (Lipinski definition) is 4. The number of nitrogens with two attached hydrogens (primary N) is 1. The molecule has 3 N–H and O–H groups in total. The van der Waals surface area contributed by atoms with Gasteiger partial charge in [-0.05, 0) is 30.2 Å². The number of ether oxygens (including phenoxy) is 1. The highest BCUT2D eigenvalue weighted by Crippen LogP contribution is 2.42. The monoisotopic (exact) mass is 321 g/mol. The highest BCUT2D eigenvalue weighted by Gasteiger charge is 2.27. The van der Waals surface area contributed by atoms with Crippen LogP contribution in [0.5, 0.6) is 11.5 Å². The van der Waals surface area contributed by atoms with Gasteiger partial charge in [0, 0.05) is 23.6 Å². The first-order chi connectivity index (χ1) is 11.8. The number of amidine groups is 1. The minimum absolute atomic E-state index is 0.148. The molecule has 0 saturated heterocycles. The summed E-state index contributed by atoms with van der Waals surface area (Å²) in [5.41, 5.74) is 9.90. The number of benzene rings is 2. The van der Waals surface area contributed by atoms with Gasteiger partial charge in [-0.15, -0.1) is 0 Å². The lowest BCUT2D eigenvalue weighted by molar-refractivity contribution is 0.446. The molecule has 0 saturated carbocycles. The second kappa shape index (κ2) is 6.29. The first-order valence-corrected chi connectivity index (χ1v) is 8.72. The maximum Gasteiger partial charge on any atom is 0.132 e. The van der Waals surface area contributed by atoms with Crippen molar-refractivity contribution >= 4 is 5.84 Å². The van der Waals surface area contributed by atoms with E-state index in [1.54, 1.807) is 0 Å². The molecule has 2 aromatic carbocycles. The molecule has 2 aliphatic rings. The standard InChI is InChI=1S/C20H23N3O/c1-2-5-14(20-22-10-11-23-20)13-8-9-18-16(12-13)19(21)15-6-3-4-7-17(15)24-18/h3-4,6-9,12,14,19H,2,5,10-11,21H2,1H3,(H,22,23). The molecule has 2 aliphatic heterocycles. The number of para-hydroxylation sites is 1. The Labute approximate surface area is 142 Å². The molecular formula is C20H23N3O. The van der Waals surface area contributed by atoms with Gasteiger partial charge in [-0.1, -0.05) is 37.6 Å². The zero-order valence-electron chi connectivity index (χ0n) is 14.0. The van der Waals surface area contributed by atoms with Crippen LogP contribution in [-0.2, 0) is 0 Å². The normalized spacial score (nSPS) is 19.6. The molecule has 0 aromatic heterocycles. The minimum Gasteiger partial charge on any atom is -0.457 e. The Balaban J connectivity index is 1.72. The van der Waals surface area contributed by atoms with Crippen LogP contribution in [0.4, 0.5) is 0 Å². The summed E-state index contributed by atoms with van der Waals surface area (Å²) in [4.78, 5) is 4.64. The smallest absolute Gasteiger partial charge is 0.132 e. The van der Waals surface area contributed by atoms with E-state index in [1.165, 1.54) is 5.56 Å². The molecule has 2 aromatic rings. The van der Waals surface area contributed by atoms with Crippen LogP contribution in [0.3, 0.4) is 0 Å². The summed E-state index contributed by atoms with van der Waals surface area (Å²) >= 11 is 0. The van der Waals surface area contributed by atoms with Gasteiger partial charge >= 0.3 is 0 Å². The fraction of sp³-hybridized carbons (Fsp3) is 0.350. The van der Waals surface area contributed by atoms with Crippen LogP contribution >= 0.6 is 0 Å². The van der Waals surface area contributed by atoms with Crippen LogP contribution in [0.1, 0.15) is 48.4 Å². The summed E-state index contributed by atoms with van der Waals surface area (Å²) in [5, 5.41) is 3.43. The highest BCUT2D eigenvalue weighted by atomic mass is 16.5. The van der Waals surface area contributed by atoms with Gasteiger partial charge in [0.2, 0.25) is 0 Å². The van der Waals surface area contributed by atoms with E-state index in [1.807, 2.05) is 24.3 Å². The van der Waals surface area contributed by atoms with Gasteiger partial charge in [0.25, 0.3) is 0 Å². The maximum absolute atomic E-state index is 6.53. The molecule has 2 atom stereocenters. The number of hydrogen-bond donors (Lipinski definition) is 2. The molecule has 2 unspecified atom stereocenters. The Hall–Kier alpha value is -2.33. The number of aliphatic imine (C=N–C) groups is 1. The quantitative estimate of drug-likeness (QED) is 0.902. The van der Waals surface area contributed by atoms with E-state index in [9.17, 15) is 0 Å². The van der Waals surface area contributed by atoms with Gasteiger partial charge in [0.15, 0.2) is 0 Å². The first kappa shape index (κ1) is 15.2. The lowest BCUT2D eigenvalue weighted by atomic mass is 9.88. The van der Waals surface area contributed by atoms with Crippen molar-refractivity contribution in [3.63, 3.8) is 0 Å². The molecule has 0 bridgehead atoms. The summed E-state index contributed by atoms with van der Waals surface area (Å²) < 4.78 is 6.04. The third-order valence-corrected chi connectivity index (χ3v) is 4.85. The molecule has 0 radical (unpaired) electrons. The second-order valence-electron chi connectivity index (χ2n) is 6.45. The van der Waals surface area contributed by atoms with E-state index < -0.39 is 0 Å². The van der Waals surface area contributed by atoms with Crippen molar-refractivity contribution in [1.29, 1.82) is 0 Å². The van der Waals surface area contributed by atoms with Gasteiger partial charge in [0.05, 0.1) is 12.6 Å². The van der Waals surface area contributed by atoms with Crippen molar-refractivity contribution in [1.82, 2.24) is 5.32 Å². The Kier molecular flexibility index (Phi) is 3.98. The van der Waals surface area contributed by atoms with Crippen molar-refractivity contribution in [2.45, 2.75) is 31.7 Å². The Morgan fingerprint density at radius 1 is 1.21 bits per heavy atom. The molecule has 2 heterocycles. The fourth-order valence-electron chi connectivity index (χ4n) is 3.64. The van der Waals surface area contributed by atoms with E-state index in [2.05, 4.69) is 35.4 Å². The molecule has 24 heavy (non-hydrogen) atoms. The molecule has 4 rings (SSSR count). The summed E-state index contributed by atoms with van der Waals surface area (Å²) in [7, 11) is 0. The Morgan fingerprint density at radius 2 is 2.04 bits per heavy atom. The van der Waals surface area contributed by atoms with Gasteiger partial charge in [-0.2, -0.15) is 0 Å². The molecule has 0 aliphatic carbocycles. The molecule has 0 spiro atoms. The summed E-state index contributed by atoms with van der Waals surface area (Å²) in [6, 6.07) is 14.3. The molecule has 4 heteroatoms. The third kappa shape index (κ3) is 2.57. The largest absolute Gasteiger partial charge is 0.457 e. The van der Waals surface area contributed by atoms with Gasteiger partial charge in [0.1, 0.15) is 17.3 Å². The molecular weight excluding hydrogens is 298 g/mol. The summed E-state index contributed by atoms with van der Waals surface area (Å²) in [5.74, 6) is 3.15. The zero-order chi connectivity index (χ0) is 16.5. The predicted molar refractivity (Wildman–Crippen MR) is 96.9 cm³/mol. The summed E-state index contributed by atoms with van der Waals surface area (Å²) in [6.45, 7) is 4.03. The van der Waals surface area contributed by atoms with E-state index in [0.717, 1.165) is 54.4 Å². The van der Waals surface area contributed by atoms with Crippen LogP contribution in [0, 0.1) is 0 Å². The zero-order valence-corrected chi connectivity index (χ0v) is 14.0. The van der Waals surface area contributed by atoms with Crippen LogP contribution in [0.15, 0.2) is 47.5 Å². The Bertz CT molecular complexity index is 784. The van der Waals surface area contributed by atoms with Crippen molar-refractivity contribution < 1.29 is 4.74 Å². The number of rotatable bonds is 4. The number of fused-ring (bicyclic) bond motifs is 2. The average Bonchev–Trinajstić information content (AvgIpc) is 3.14. The van der Waals surface area contributed by atoms with Gasteiger partial charge < -0.3 is 15.8 Å². The van der Waals surface area contributed by atoms with E-state index >= 15 is 0 Å². The third-order valence-electron chi connectivity index (χ3n) is 4.85. The highest BCUT2D eigenvalue weighted by molar-refractivity contribution is 5.90. The van der Waals surface area contributed by atoms with Crippen molar-refractivity contribution in [2.75, 3.05) is 13.1 Å². The molecule has 4 nitrogen and oxygen atoms in total. The first-order valence-electron chi connectivity index (χ1n) is 8.72. The van der Waals surface area contributed by atoms with E-state index in [4.69, 9.17) is 10.5 Å². The fourth-order valence-corrected chi connectivity index (χ4v) is 3.64. The van der Waals surface area contributed by atoms with E-state index in [-0.39, 0.29) is 6.04 Å². The number of nitrogens with one attached hydrogen (secondary N) is 1. The van der Waals surface area contributed by atoms with Gasteiger partial charge in [-0.3, -0.25) is 4.99 Å². The minimum atomic E-state index is -0.148. The number of nitrogens with zero attached hydrogens (tertiary/aromatic N) is 1. The second-order valence-corrected chi connectivity index (χ2v) is 6.45. The van der Waals surface area contributed by atoms with Crippen LogP contribution in [0.25, 0.3) is 0 Å². The average molecular weight is 321 g/mol. The summed E-state index contributed by atoms with van der Waals surface area (Å²) in [6.07, 6.45) is 2.20. The lowest BCUT2D eigenvalue weighted by Gasteiger charge is -2.27. The van der Waals surface area contributed by atoms with Crippen molar-refractivity contribution in [3.8, 4) is 11.5 Å². The van der Waals surface area contributed by atoms with Gasteiger partial charge in [-0.25, -0.2) is 0 Å². The van der Waals surface area contributed by atoms with Crippen LogP contribution < -0.4 is 15.8 Å². The van der Waals surface area contributed by atoms with Crippen molar-refractivity contribution in [3.05, 3.63) is 59.2 Å². The van der Waals surface area contributed by atoms with Crippen LogP contribution in [0.2, 0.25) is 0 Å².